The largest absolute Gasteiger partial charge is 0.481 e. The molecule has 1 aliphatic carbocycles. The van der Waals surface area contributed by atoms with E-state index in [0.29, 0.717) is 24.0 Å². The van der Waals surface area contributed by atoms with Crippen molar-refractivity contribution in [1.82, 2.24) is 15.3 Å². The third kappa shape index (κ3) is 5.85. The van der Waals surface area contributed by atoms with Gasteiger partial charge >= 0.3 is 0 Å². The zero-order chi connectivity index (χ0) is 24.0. The van der Waals surface area contributed by atoms with Crippen molar-refractivity contribution >= 4 is 17.2 Å². The number of methoxy groups -OCH3 is 1. The van der Waals surface area contributed by atoms with Crippen molar-refractivity contribution in [2.24, 2.45) is 0 Å². The Morgan fingerprint density at radius 3 is 2.51 bits per heavy atom. The van der Waals surface area contributed by atoms with Crippen molar-refractivity contribution in [2.45, 2.75) is 56.7 Å². The summed E-state index contributed by atoms with van der Waals surface area (Å²) in [5, 5.41) is 7.77. The number of nitrogens with zero attached hydrogens (tertiary/aromatic N) is 3. The van der Waals surface area contributed by atoms with Crippen LogP contribution in [0.3, 0.4) is 0 Å². The molecule has 184 valence electrons. The fourth-order valence-electron chi connectivity index (χ4n) is 5.39. The molecule has 35 heavy (non-hydrogen) atoms. The third-order valence-corrected chi connectivity index (χ3v) is 7.27. The third-order valence-electron chi connectivity index (χ3n) is 7.27. The first kappa shape index (κ1) is 23.4. The van der Waals surface area contributed by atoms with Gasteiger partial charge in [-0.2, -0.15) is 0 Å². The number of piperidine rings is 1. The van der Waals surface area contributed by atoms with Gasteiger partial charge in [0.2, 0.25) is 5.88 Å². The van der Waals surface area contributed by atoms with Gasteiger partial charge in [-0.25, -0.2) is 9.97 Å². The van der Waals surface area contributed by atoms with Gasteiger partial charge in [-0.1, -0.05) is 12.8 Å². The molecule has 0 radical (unpaired) electrons. The van der Waals surface area contributed by atoms with Crippen molar-refractivity contribution in [1.29, 1.82) is 0 Å². The lowest BCUT2D eigenvalue weighted by atomic mass is 9.89. The van der Waals surface area contributed by atoms with Gasteiger partial charge in [0.25, 0.3) is 0 Å². The summed E-state index contributed by atoms with van der Waals surface area (Å²) in [7, 11) is 1.63. The van der Waals surface area contributed by atoms with Gasteiger partial charge in [0.1, 0.15) is 5.82 Å². The maximum Gasteiger partial charge on any atom is 0.212 e. The molecular weight excluding hydrogens is 436 g/mol. The lowest BCUT2D eigenvalue weighted by Gasteiger charge is -2.40. The number of hydrogen-bond donors (Lipinski definition) is 3. The second-order valence-electron chi connectivity index (χ2n) is 9.70. The molecule has 0 amide bonds. The Bertz CT molecular complexity index is 1090. The number of ether oxygens (including phenoxy) is 1. The monoisotopic (exact) mass is 472 g/mol. The van der Waals surface area contributed by atoms with Crippen molar-refractivity contribution in [3.63, 3.8) is 0 Å². The molecule has 0 spiro atoms. The fourth-order valence-corrected chi connectivity index (χ4v) is 5.39. The number of aromatic nitrogens is 2. The highest BCUT2D eigenvalue weighted by atomic mass is 16.5. The Balaban J connectivity index is 1.24. The van der Waals surface area contributed by atoms with Crippen molar-refractivity contribution < 1.29 is 4.74 Å². The van der Waals surface area contributed by atoms with Gasteiger partial charge in [0.15, 0.2) is 0 Å². The zero-order valence-electron chi connectivity index (χ0n) is 20.5. The molecule has 3 aromatic rings. The van der Waals surface area contributed by atoms with Crippen molar-refractivity contribution in [3.05, 3.63) is 60.9 Å². The van der Waals surface area contributed by atoms with E-state index in [2.05, 4.69) is 43.7 Å². The Morgan fingerprint density at radius 1 is 0.914 bits per heavy atom. The van der Waals surface area contributed by atoms with E-state index in [1.807, 2.05) is 42.7 Å². The standard InChI is InChI=1S/C28H36N6O/c1-35-28-13-8-21(18-31-28)20-14-15-30-27(17-20)33-26-7-3-2-6-25(26)32-23-5-4-16-34(19-23)24-11-9-22(29)10-12-24/h8-15,17-18,23,25-26,32H,2-7,16,19,29H2,1H3,(H,30,33)/t23-,25+,26+/m0/s1. The fraction of sp³-hybridized carbons (Fsp3) is 0.429. The topological polar surface area (TPSA) is 88.3 Å². The summed E-state index contributed by atoms with van der Waals surface area (Å²) in [6.07, 6.45) is 11.0. The quantitative estimate of drug-likeness (QED) is 0.429. The number of nitrogens with one attached hydrogen (secondary N) is 2. The summed E-state index contributed by atoms with van der Waals surface area (Å²) in [6, 6.07) is 17.6. The van der Waals surface area contributed by atoms with E-state index in [4.69, 9.17) is 10.5 Å². The smallest absolute Gasteiger partial charge is 0.212 e. The molecule has 0 unspecified atom stereocenters. The highest BCUT2D eigenvalue weighted by molar-refractivity contribution is 5.65. The summed E-state index contributed by atoms with van der Waals surface area (Å²) < 4.78 is 5.19. The van der Waals surface area contributed by atoms with Crippen molar-refractivity contribution in [3.8, 4) is 17.0 Å². The van der Waals surface area contributed by atoms with E-state index in [-0.39, 0.29) is 0 Å². The molecule has 1 saturated carbocycles. The lowest BCUT2D eigenvalue weighted by Crippen LogP contribution is -2.54. The molecule has 1 aromatic carbocycles. The van der Waals surface area contributed by atoms with Crippen LogP contribution < -0.4 is 26.0 Å². The molecule has 7 heteroatoms. The Kier molecular flexibility index (Phi) is 7.33. The zero-order valence-corrected chi connectivity index (χ0v) is 20.5. The minimum atomic E-state index is 0.368. The summed E-state index contributed by atoms with van der Waals surface area (Å²) in [6.45, 7) is 2.14. The van der Waals surface area contributed by atoms with E-state index in [9.17, 15) is 0 Å². The predicted molar refractivity (Wildman–Crippen MR) is 143 cm³/mol. The van der Waals surface area contributed by atoms with Crippen LogP contribution in [-0.2, 0) is 0 Å². The van der Waals surface area contributed by atoms with E-state index in [1.54, 1.807) is 7.11 Å². The average molecular weight is 473 g/mol. The number of rotatable bonds is 7. The molecule has 3 heterocycles. The molecule has 2 aliphatic rings. The predicted octanol–water partition coefficient (Wildman–Crippen LogP) is 4.72. The second kappa shape index (κ2) is 11.0. The van der Waals surface area contributed by atoms with Crippen LogP contribution in [0.5, 0.6) is 5.88 Å². The highest BCUT2D eigenvalue weighted by Gasteiger charge is 2.29. The first-order valence-electron chi connectivity index (χ1n) is 12.8. The number of pyridine rings is 2. The van der Waals surface area contributed by atoms with Crippen LogP contribution in [0, 0.1) is 0 Å². The Morgan fingerprint density at radius 2 is 1.74 bits per heavy atom. The van der Waals surface area contributed by atoms with Crippen LogP contribution in [0.2, 0.25) is 0 Å². The minimum absolute atomic E-state index is 0.368. The van der Waals surface area contributed by atoms with E-state index < -0.39 is 0 Å². The van der Waals surface area contributed by atoms with Gasteiger partial charge in [-0.15, -0.1) is 0 Å². The summed E-state index contributed by atoms with van der Waals surface area (Å²) >= 11 is 0. The van der Waals surface area contributed by atoms with Gasteiger partial charge in [0.05, 0.1) is 7.11 Å². The normalized spacial score (nSPS) is 22.5. The van der Waals surface area contributed by atoms with Gasteiger partial charge < -0.3 is 26.0 Å². The van der Waals surface area contributed by atoms with Crippen LogP contribution >= 0.6 is 0 Å². The SMILES string of the molecule is COc1ccc(-c2ccnc(N[C@@H]3CCCC[C@H]3N[C@H]3CCCN(c4ccc(N)cc4)C3)c2)cn1. The van der Waals surface area contributed by atoms with Gasteiger partial charge in [-0.3, -0.25) is 0 Å². The molecule has 1 aliphatic heterocycles. The molecule has 2 fully saturated rings. The first-order chi connectivity index (χ1) is 17.2. The Hall–Kier alpha value is -3.32. The van der Waals surface area contributed by atoms with Crippen LogP contribution in [0.1, 0.15) is 38.5 Å². The number of nitrogen functional groups attached to an aromatic ring is 1. The van der Waals surface area contributed by atoms with Crippen LogP contribution in [0.4, 0.5) is 17.2 Å². The molecule has 3 atom stereocenters. The second-order valence-corrected chi connectivity index (χ2v) is 9.70. The highest BCUT2D eigenvalue weighted by Crippen LogP contribution is 2.27. The lowest BCUT2D eigenvalue weighted by molar-refractivity contribution is 0.293. The minimum Gasteiger partial charge on any atom is -0.481 e. The molecule has 5 rings (SSSR count). The number of hydrogen-bond acceptors (Lipinski definition) is 7. The number of nitrogens with two attached hydrogens (primary N) is 1. The summed E-state index contributed by atoms with van der Waals surface area (Å²) in [5.74, 6) is 1.54. The van der Waals surface area contributed by atoms with Crippen LogP contribution in [-0.4, -0.2) is 48.3 Å². The molecule has 1 saturated heterocycles. The molecular formula is C28H36N6O. The van der Waals surface area contributed by atoms with Crippen LogP contribution in [0.25, 0.3) is 11.1 Å². The maximum absolute atomic E-state index is 5.89. The first-order valence-corrected chi connectivity index (χ1v) is 12.8. The van der Waals surface area contributed by atoms with Gasteiger partial charge in [0, 0.05) is 66.6 Å². The number of benzene rings is 1. The van der Waals surface area contributed by atoms with Crippen molar-refractivity contribution in [2.75, 3.05) is 36.1 Å². The molecule has 0 bridgehead atoms. The van der Waals surface area contributed by atoms with E-state index >= 15 is 0 Å². The molecule has 2 aromatic heterocycles. The average Bonchev–Trinajstić information content (AvgIpc) is 2.91. The number of anilines is 3. The maximum atomic E-state index is 5.89. The van der Waals surface area contributed by atoms with E-state index in [1.165, 1.54) is 37.8 Å². The van der Waals surface area contributed by atoms with E-state index in [0.717, 1.165) is 42.1 Å². The summed E-state index contributed by atoms with van der Waals surface area (Å²) in [4.78, 5) is 11.5. The molecule has 7 nitrogen and oxygen atoms in total. The summed E-state index contributed by atoms with van der Waals surface area (Å²) in [5.41, 5.74) is 10.1. The van der Waals surface area contributed by atoms with Gasteiger partial charge in [-0.05, 0) is 73.7 Å². The Labute approximate surface area is 208 Å². The molecule has 4 N–H and O–H groups in total. The van der Waals surface area contributed by atoms with Crippen LogP contribution in [0.15, 0.2) is 60.9 Å².